The normalized spacial score (nSPS) is 9.53. The van der Waals surface area contributed by atoms with Crippen LogP contribution < -0.4 is 4.74 Å². The second-order valence-corrected chi connectivity index (χ2v) is 2.79. The van der Waals surface area contributed by atoms with Crippen molar-refractivity contribution in [3.8, 4) is 5.75 Å². The molecule has 0 saturated heterocycles. The number of carbonyl (C=O) groups is 2. The number of halogens is 1. The highest BCUT2D eigenvalue weighted by molar-refractivity contribution is 6.30. The molecular formula is C10H9FO4. The van der Waals surface area contributed by atoms with E-state index >= 15 is 0 Å². The van der Waals surface area contributed by atoms with Crippen molar-refractivity contribution in [1.82, 2.24) is 0 Å². The standard InChI is InChI=1S/C10H9FO4/c1-6-5-7(3-4-8(6)11)15-10(13)9(12)14-2/h3-5H,1-2H3. The van der Waals surface area contributed by atoms with E-state index in [1.807, 2.05) is 0 Å². The van der Waals surface area contributed by atoms with E-state index < -0.39 is 17.8 Å². The molecule has 0 saturated carbocycles. The van der Waals surface area contributed by atoms with E-state index in [0.29, 0.717) is 5.56 Å². The van der Waals surface area contributed by atoms with Gasteiger partial charge in [-0.25, -0.2) is 14.0 Å². The first kappa shape index (κ1) is 11.2. The van der Waals surface area contributed by atoms with Crippen molar-refractivity contribution in [2.24, 2.45) is 0 Å². The molecule has 0 N–H and O–H groups in total. The highest BCUT2D eigenvalue weighted by atomic mass is 19.1. The van der Waals surface area contributed by atoms with Crippen molar-refractivity contribution >= 4 is 11.9 Å². The summed E-state index contributed by atoms with van der Waals surface area (Å²) < 4.78 is 21.6. The van der Waals surface area contributed by atoms with Crippen LogP contribution in [0.2, 0.25) is 0 Å². The van der Waals surface area contributed by atoms with Crippen LogP contribution in [-0.2, 0) is 14.3 Å². The molecule has 5 heteroatoms. The number of esters is 2. The predicted octanol–water partition coefficient (Wildman–Crippen LogP) is 1.21. The summed E-state index contributed by atoms with van der Waals surface area (Å²) in [7, 11) is 1.07. The van der Waals surface area contributed by atoms with Crippen LogP contribution in [0.15, 0.2) is 18.2 Å². The van der Waals surface area contributed by atoms with Gasteiger partial charge in [0.15, 0.2) is 0 Å². The van der Waals surface area contributed by atoms with Crippen LogP contribution in [-0.4, -0.2) is 19.0 Å². The molecule has 80 valence electrons. The van der Waals surface area contributed by atoms with Gasteiger partial charge in [0.05, 0.1) is 7.11 Å². The van der Waals surface area contributed by atoms with E-state index in [0.717, 1.165) is 13.2 Å². The van der Waals surface area contributed by atoms with Gasteiger partial charge in [-0.2, -0.15) is 0 Å². The van der Waals surface area contributed by atoms with Crippen LogP contribution in [0, 0.1) is 12.7 Å². The van der Waals surface area contributed by atoms with Crippen LogP contribution in [0.1, 0.15) is 5.56 Å². The summed E-state index contributed by atoms with van der Waals surface area (Å²) in [4.78, 5) is 21.6. The summed E-state index contributed by atoms with van der Waals surface area (Å²) in [5, 5.41) is 0. The largest absolute Gasteiger partial charge is 0.461 e. The molecule has 1 rings (SSSR count). The summed E-state index contributed by atoms with van der Waals surface area (Å²) in [6.07, 6.45) is 0. The fraction of sp³-hybridized carbons (Fsp3) is 0.200. The minimum atomic E-state index is -1.14. The fourth-order valence-corrected chi connectivity index (χ4v) is 0.913. The van der Waals surface area contributed by atoms with Crippen molar-refractivity contribution in [2.45, 2.75) is 6.92 Å². The Morgan fingerprint density at radius 3 is 2.47 bits per heavy atom. The molecule has 0 aliphatic rings. The highest BCUT2D eigenvalue weighted by Gasteiger charge is 2.16. The fourth-order valence-electron chi connectivity index (χ4n) is 0.913. The SMILES string of the molecule is COC(=O)C(=O)Oc1ccc(F)c(C)c1. The van der Waals surface area contributed by atoms with E-state index in [-0.39, 0.29) is 5.75 Å². The molecule has 0 bridgehead atoms. The van der Waals surface area contributed by atoms with Crippen LogP contribution >= 0.6 is 0 Å². The van der Waals surface area contributed by atoms with E-state index in [9.17, 15) is 14.0 Å². The second-order valence-electron chi connectivity index (χ2n) is 2.79. The lowest BCUT2D eigenvalue weighted by Gasteiger charge is -2.03. The maximum Gasteiger partial charge on any atom is 0.422 e. The molecule has 0 heterocycles. The molecule has 0 radical (unpaired) electrons. The first-order chi connectivity index (χ1) is 7.04. The van der Waals surface area contributed by atoms with E-state index in [1.54, 1.807) is 0 Å². The molecular weight excluding hydrogens is 203 g/mol. The van der Waals surface area contributed by atoms with Gasteiger partial charge in [-0.3, -0.25) is 0 Å². The maximum absolute atomic E-state index is 12.8. The molecule has 4 nitrogen and oxygen atoms in total. The predicted molar refractivity (Wildman–Crippen MR) is 48.8 cm³/mol. The van der Waals surface area contributed by atoms with Crippen LogP contribution in [0.4, 0.5) is 4.39 Å². The number of aryl methyl sites for hydroxylation is 1. The number of rotatable bonds is 1. The summed E-state index contributed by atoms with van der Waals surface area (Å²) in [5.74, 6) is -2.54. The lowest BCUT2D eigenvalue weighted by atomic mass is 10.2. The molecule has 0 fully saturated rings. The lowest BCUT2D eigenvalue weighted by Crippen LogP contribution is -2.21. The van der Waals surface area contributed by atoms with E-state index in [1.165, 1.54) is 19.1 Å². The monoisotopic (exact) mass is 212 g/mol. The third-order valence-corrected chi connectivity index (χ3v) is 1.69. The molecule has 0 aliphatic heterocycles. The lowest BCUT2D eigenvalue weighted by molar-refractivity contribution is -0.160. The molecule has 0 amide bonds. The number of methoxy groups -OCH3 is 1. The Kier molecular flexibility index (Phi) is 3.38. The summed E-state index contributed by atoms with van der Waals surface area (Å²) in [6.45, 7) is 1.52. The first-order valence-electron chi connectivity index (χ1n) is 4.11. The Hall–Kier alpha value is -1.91. The zero-order valence-electron chi connectivity index (χ0n) is 8.24. The summed E-state index contributed by atoms with van der Waals surface area (Å²) >= 11 is 0. The Labute approximate surface area is 85.6 Å². The highest BCUT2D eigenvalue weighted by Crippen LogP contribution is 2.15. The number of carbonyl (C=O) groups excluding carboxylic acids is 2. The van der Waals surface area contributed by atoms with Gasteiger partial charge in [-0.1, -0.05) is 0 Å². The average Bonchev–Trinajstić information content (AvgIpc) is 2.22. The van der Waals surface area contributed by atoms with Gasteiger partial charge in [0.25, 0.3) is 0 Å². The third-order valence-electron chi connectivity index (χ3n) is 1.69. The van der Waals surface area contributed by atoms with Gasteiger partial charge < -0.3 is 9.47 Å². The van der Waals surface area contributed by atoms with Gasteiger partial charge in [0.1, 0.15) is 11.6 Å². The molecule has 1 aromatic carbocycles. The number of hydrogen-bond acceptors (Lipinski definition) is 4. The zero-order chi connectivity index (χ0) is 11.4. The summed E-state index contributed by atoms with van der Waals surface area (Å²) in [5.41, 5.74) is 0.324. The van der Waals surface area contributed by atoms with E-state index in [4.69, 9.17) is 0 Å². The smallest absolute Gasteiger partial charge is 0.422 e. The van der Waals surface area contributed by atoms with Crippen molar-refractivity contribution < 1.29 is 23.5 Å². The minimum absolute atomic E-state index is 0.101. The van der Waals surface area contributed by atoms with Gasteiger partial charge in [0, 0.05) is 0 Å². The van der Waals surface area contributed by atoms with Crippen LogP contribution in [0.3, 0.4) is 0 Å². The van der Waals surface area contributed by atoms with Crippen molar-refractivity contribution in [3.63, 3.8) is 0 Å². The molecule has 0 aliphatic carbocycles. The molecule has 0 spiro atoms. The topological polar surface area (TPSA) is 52.6 Å². The van der Waals surface area contributed by atoms with Crippen LogP contribution in [0.5, 0.6) is 5.75 Å². The number of benzene rings is 1. The molecule has 0 aromatic heterocycles. The second kappa shape index (κ2) is 4.54. The third kappa shape index (κ3) is 2.77. The molecule has 0 unspecified atom stereocenters. The van der Waals surface area contributed by atoms with E-state index in [2.05, 4.69) is 9.47 Å². The molecule has 1 aromatic rings. The van der Waals surface area contributed by atoms with Gasteiger partial charge >= 0.3 is 11.9 Å². The summed E-state index contributed by atoms with van der Waals surface area (Å²) in [6, 6.07) is 3.72. The Balaban J connectivity index is 2.77. The number of hydrogen-bond donors (Lipinski definition) is 0. The van der Waals surface area contributed by atoms with Crippen molar-refractivity contribution in [3.05, 3.63) is 29.6 Å². The zero-order valence-corrected chi connectivity index (χ0v) is 8.24. The van der Waals surface area contributed by atoms with Crippen molar-refractivity contribution in [1.29, 1.82) is 0 Å². The van der Waals surface area contributed by atoms with Crippen LogP contribution in [0.25, 0.3) is 0 Å². The Morgan fingerprint density at radius 2 is 1.93 bits per heavy atom. The quantitative estimate of drug-likeness (QED) is 0.399. The Bertz CT molecular complexity index is 400. The van der Waals surface area contributed by atoms with Gasteiger partial charge in [-0.05, 0) is 30.7 Å². The van der Waals surface area contributed by atoms with Crippen molar-refractivity contribution in [2.75, 3.05) is 7.11 Å². The van der Waals surface area contributed by atoms with Gasteiger partial charge in [-0.15, -0.1) is 0 Å². The molecule has 0 atom stereocenters. The average molecular weight is 212 g/mol. The van der Waals surface area contributed by atoms with Gasteiger partial charge in [0.2, 0.25) is 0 Å². The maximum atomic E-state index is 12.8. The minimum Gasteiger partial charge on any atom is -0.461 e. The number of ether oxygens (including phenoxy) is 2. The molecule has 15 heavy (non-hydrogen) atoms. The first-order valence-corrected chi connectivity index (χ1v) is 4.11. The Morgan fingerprint density at radius 1 is 1.27 bits per heavy atom.